The predicted molar refractivity (Wildman–Crippen MR) is 119 cm³/mol. The van der Waals surface area contributed by atoms with E-state index in [-0.39, 0.29) is 11.9 Å². The van der Waals surface area contributed by atoms with Crippen molar-refractivity contribution in [3.05, 3.63) is 70.9 Å². The van der Waals surface area contributed by atoms with E-state index in [9.17, 15) is 4.79 Å². The Morgan fingerprint density at radius 3 is 2.83 bits per heavy atom. The van der Waals surface area contributed by atoms with Gasteiger partial charge in [-0.3, -0.25) is 4.79 Å². The van der Waals surface area contributed by atoms with Gasteiger partial charge >= 0.3 is 0 Å². The first-order chi connectivity index (χ1) is 14.1. The Bertz CT molecular complexity index is 950. The minimum absolute atomic E-state index is 0.101. The van der Waals surface area contributed by atoms with Gasteiger partial charge in [0, 0.05) is 41.1 Å². The summed E-state index contributed by atoms with van der Waals surface area (Å²) in [6.45, 7) is 3.60. The van der Waals surface area contributed by atoms with Crippen LogP contribution in [-0.2, 0) is 6.54 Å². The van der Waals surface area contributed by atoms with Crippen molar-refractivity contribution >= 4 is 28.4 Å². The molecule has 1 amide bonds. The highest BCUT2D eigenvalue weighted by Gasteiger charge is 2.29. The van der Waals surface area contributed by atoms with E-state index in [2.05, 4.69) is 23.3 Å². The number of carbonyl (C=O) groups excluding carboxylic acids is 1. The van der Waals surface area contributed by atoms with E-state index in [1.165, 1.54) is 5.56 Å². The number of nitrogens with one attached hydrogen (secondary N) is 2. The maximum Gasteiger partial charge on any atom is 0.270 e. The zero-order valence-electron chi connectivity index (χ0n) is 16.8. The van der Waals surface area contributed by atoms with Crippen LogP contribution in [0.15, 0.2) is 54.6 Å². The smallest absolute Gasteiger partial charge is 0.270 e. The standard InChI is InChI=1S/C24H28ClN3O/c1-2-28(24(29)23-14-18-8-3-4-12-22(18)27-23)21-11-6-10-20(15-21)26-16-17-7-5-9-19(25)13-17/h3-5,7-9,12-14,20-21,26-27H,2,6,10-11,15-16H2,1H3/t20?,21-/m0/s1. The molecule has 5 heteroatoms. The third-order valence-electron chi connectivity index (χ3n) is 5.93. The second kappa shape index (κ2) is 9.02. The molecule has 0 radical (unpaired) electrons. The van der Waals surface area contributed by atoms with Gasteiger partial charge in [-0.25, -0.2) is 0 Å². The van der Waals surface area contributed by atoms with Gasteiger partial charge in [0.25, 0.3) is 5.91 Å². The lowest BCUT2D eigenvalue weighted by Gasteiger charge is -2.37. The van der Waals surface area contributed by atoms with Crippen molar-refractivity contribution in [2.24, 2.45) is 0 Å². The van der Waals surface area contributed by atoms with Crippen molar-refractivity contribution in [1.29, 1.82) is 0 Å². The normalized spacial score (nSPS) is 19.4. The number of carbonyl (C=O) groups is 1. The maximum atomic E-state index is 13.2. The molecule has 29 heavy (non-hydrogen) atoms. The summed E-state index contributed by atoms with van der Waals surface area (Å²) in [5.74, 6) is 0.101. The van der Waals surface area contributed by atoms with Gasteiger partial charge in [-0.2, -0.15) is 0 Å². The second-order valence-electron chi connectivity index (χ2n) is 7.89. The number of aromatic amines is 1. The Kier molecular flexibility index (Phi) is 6.22. The molecule has 2 atom stereocenters. The number of amides is 1. The number of hydrogen-bond donors (Lipinski definition) is 2. The van der Waals surface area contributed by atoms with Gasteiger partial charge in [0.15, 0.2) is 0 Å². The number of benzene rings is 2. The van der Waals surface area contributed by atoms with E-state index in [1.54, 1.807) is 0 Å². The van der Waals surface area contributed by atoms with Gasteiger partial charge in [-0.15, -0.1) is 0 Å². The van der Waals surface area contributed by atoms with Crippen LogP contribution in [0.3, 0.4) is 0 Å². The molecule has 1 heterocycles. The molecule has 2 aromatic carbocycles. The van der Waals surface area contributed by atoms with Crippen LogP contribution in [0, 0.1) is 0 Å². The number of rotatable bonds is 6. The summed E-state index contributed by atoms with van der Waals surface area (Å²) in [4.78, 5) is 18.6. The Hall–Kier alpha value is -2.30. The largest absolute Gasteiger partial charge is 0.351 e. The third kappa shape index (κ3) is 4.65. The summed E-state index contributed by atoms with van der Waals surface area (Å²) in [5, 5.41) is 5.52. The molecule has 2 N–H and O–H groups in total. The number of fused-ring (bicyclic) bond motifs is 1. The Labute approximate surface area is 177 Å². The van der Waals surface area contributed by atoms with Crippen LogP contribution in [0.4, 0.5) is 0 Å². The molecule has 4 rings (SSSR count). The lowest BCUT2D eigenvalue weighted by molar-refractivity contribution is 0.0623. The van der Waals surface area contributed by atoms with Crippen LogP contribution in [0.5, 0.6) is 0 Å². The van der Waals surface area contributed by atoms with Crippen molar-refractivity contribution in [3.8, 4) is 0 Å². The fourth-order valence-corrected chi connectivity index (χ4v) is 4.67. The first-order valence-corrected chi connectivity index (χ1v) is 10.9. The molecule has 1 fully saturated rings. The van der Waals surface area contributed by atoms with Gasteiger partial charge in [0.1, 0.15) is 5.69 Å². The second-order valence-corrected chi connectivity index (χ2v) is 8.33. The summed E-state index contributed by atoms with van der Waals surface area (Å²) in [5.41, 5.74) is 2.89. The van der Waals surface area contributed by atoms with Crippen molar-refractivity contribution in [3.63, 3.8) is 0 Å². The number of aromatic nitrogens is 1. The van der Waals surface area contributed by atoms with Crippen molar-refractivity contribution in [2.75, 3.05) is 6.54 Å². The first-order valence-electron chi connectivity index (χ1n) is 10.5. The van der Waals surface area contributed by atoms with Gasteiger partial charge in [-0.05, 0) is 62.4 Å². The molecule has 0 aliphatic heterocycles. The van der Waals surface area contributed by atoms with Crippen LogP contribution < -0.4 is 5.32 Å². The fraction of sp³-hybridized carbons (Fsp3) is 0.375. The lowest BCUT2D eigenvalue weighted by atomic mass is 9.89. The monoisotopic (exact) mass is 409 g/mol. The predicted octanol–water partition coefficient (Wildman–Crippen LogP) is 5.38. The number of para-hydroxylation sites is 1. The lowest BCUT2D eigenvalue weighted by Crippen LogP contribution is -2.46. The molecular weight excluding hydrogens is 382 g/mol. The van der Waals surface area contributed by atoms with Crippen molar-refractivity contribution < 1.29 is 4.79 Å². The average Bonchev–Trinajstić information content (AvgIpc) is 3.17. The fourth-order valence-electron chi connectivity index (χ4n) is 4.45. The molecule has 1 saturated carbocycles. The van der Waals surface area contributed by atoms with Crippen molar-refractivity contribution in [2.45, 2.75) is 51.2 Å². The van der Waals surface area contributed by atoms with Crippen LogP contribution in [0.25, 0.3) is 10.9 Å². The SMILES string of the molecule is CCN(C(=O)c1cc2ccccc2[nH]1)[C@H]1CCCC(NCc2cccc(Cl)c2)C1. The highest BCUT2D eigenvalue weighted by molar-refractivity contribution is 6.30. The molecule has 1 unspecified atom stereocenters. The number of halogens is 1. The zero-order chi connectivity index (χ0) is 20.2. The molecule has 0 saturated heterocycles. The molecule has 3 aromatic rings. The molecule has 4 nitrogen and oxygen atoms in total. The van der Waals surface area contributed by atoms with Crippen LogP contribution in [-0.4, -0.2) is 34.4 Å². The number of nitrogens with zero attached hydrogens (tertiary/aromatic N) is 1. The van der Waals surface area contributed by atoms with Gasteiger partial charge in [0.05, 0.1) is 0 Å². The molecule has 0 spiro atoms. The quantitative estimate of drug-likeness (QED) is 0.573. The summed E-state index contributed by atoms with van der Waals surface area (Å²) in [6, 6.07) is 18.7. The van der Waals surface area contributed by atoms with E-state index >= 15 is 0 Å². The van der Waals surface area contributed by atoms with Crippen LogP contribution >= 0.6 is 11.6 Å². The van der Waals surface area contributed by atoms with E-state index in [1.807, 2.05) is 53.4 Å². The first kappa shape index (κ1) is 20.0. The third-order valence-corrected chi connectivity index (χ3v) is 6.17. The summed E-state index contributed by atoms with van der Waals surface area (Å²) in [6.07, 6.45) is 4.33. The van der Waals surface area contributed by atoms with E-state index in [0.717, 1.165) is 54.7 Å². The Morgan fingerprint density at radius 1 is 1.17 bits per heavy atom. The van der Waals surface area contributed by atoms with E-state index < -0.39 is 0 Å². The van der Waals surface area contributed by atoms with Gasteiger partial charge in [0.2, 0.25) is 0 Å². The van der Waals surface area contributed by atoms with Crippen LogP contribution in [0.1, 0.15) is 48.7 Å². The minimum Gasteiger partial charge on any atom is -0.351 e. The van der Waals surface area contributed by atoms with E-state index in [0.29, 0.717) is 11.7 Å². The van der Waals surface area contributed by atoms with Gasteiger partial charge < -0.3 is 15.2 Å². The highest BCUT2D eigenvalue weighted by Crippen LogP contribution is 2.26. The number of hydrogen-bond acceptors (Lipinski definition) is 2. The molecule has 1 aliphatic rings. The Balaban J connectivity index is 1.42. The van der Waals surface area contributed by atoms with Gasteiger partial charge in [-0.1, -0.05) is 41.9 Å². The van der Waals surface area contributed by atoms with Crippen molar-refractivity contribution in [1.82, 2.24) is 15.2 Å². The summed E-state index contributed by atoms with van der Waals surface area (Å²) >= 11 is 6.10. The summed E-state index contributed by atoms with van der Waals surface area (Å²) < 4.78 is 0. The average molecular weight is 410 g/mol. The number of H-pyrrole nitrogens is 1. The van der Waals surface area contributed by atoms with Crippen LogP contribution in [0.2, 0.25) is 5.02 Å². The summed E-state index contributed by atoms with van der Waals surface area (Å²) in [7, 11) is 0. The minimum atomic E-state index is 0.101. The topological polar surface area (TPSA) is 48.1 Å². The zero-order valence-corrected chi connectivity index (χ0v) is 17.6. The molecule has 1 aliphatic carbocycles. The van der Waals surface area contributed by atoms with E-state index in [4.69, 9.17) is 11.6 Å². The highest BCUT2D eigenvalue weighted by atomic mass is 35.5. The molecule has 1 aromatic heterocycles. The Morgan fingerprint density at radius 2 is 2.03 bits per heavy atom. The maximum absolute atomic E-state index is 13.2. The molecular formula is C24H28ClN3O. The molecule has 0 bridgehead atoms. The molecule has 152 valence electrons.